The van der Waals surface area contributed by atoms with E-state index in [-0.39, 0.29) is 36.3 Å². The van der Waals surface area contributed by atoms with E-state index >= 15 is 0 Å². The zero-order valence-electron chi connectivity index (χ0n) is 15.9. The predicted octanol–water partition coefficient (Wildman–Crippen LogP) is 1.98. The van der Waals surface area contributed by atoms with Crippen molar-refractivity contribution in [2.24, 2.45) is 5.41 Å². The number of imidazole rings is 1. The lowest BCUT2D eigenvalue weighted by Crippen LogP contribution is -2.64. The number of benzene rings is 1. The first kappa shape index (κ1) is 19.2. The van der Waals surface area contributed by atoms with Gasteiger partial charge in [0.25, 0.3) is 0 Å². The van der Waals surface area contributed by atoms with E-state index in [1.807, 2.05) is 11.0 Å². The topological polar surface area (TPSA) is 89.5 Å². The van der Waals surface area contributed by atoms with Crippen molar-refractivity contribution < 1.29 is 14.7 Å². The number of H-pyrrole nitrogens is 1. The Balaban J connectivity index is 1.56. The summed E-state index contributed by atoms with van der Waals surface area (Å²) in [6.45, 7) is 3.36. The molecule has 2 saturated heterocycles. The van der Waals surface area contributed by atoms with Crippen LogP contribution in [-0.4, -0.2) is 69.0 Å². The minimum absolute atomic E-state index is 0.0127. The average molecular weight is 405 g/mol. The van der Waals surface area contributed by atoms with E-state index in [1.165, 1.54) is 0 Å². The Morgan fingerprint density at radius 2 is 2.18 bits per heavy atom. The Bertz CT molecular complexity index is 914. The van der Waals surface area contributed by atoms with Crippen LogP contribution in [0.3, 0.4) is 0 Å². The maximum Gasteiger partial charge on any atom is 0.230 e. The van der Waals surface area contributed by atoms with Crippen molar-refractivity contribution >= 4 is 34.4 Å². The van der Waals surface area contributed by atoms with E-state index < -0.39 is 0 Å². The second kappa shape index (κ2) is 7.37. The number of aliphatic hydroxyl groups excluding tert-OH is 1. The molecule has 0 spiro atoms. The summed E-state index contributed by atoms with van der Waals surface area (Å²) in [6.07, 6.45) is 2.62. The fourth-order valence-electron chi connectivity index (χ4n) is 4.71. The van der Waals surface area contributed by atoms with Crippen LogP contribution in [0.25, 0.3) is 11.0 Å². The Morgan fingerprint density at radius 3 is 2.93 bits per heavy atom. The number of hydrogen-bond donors (Lipinski definition) is 2. The molecule has 28 heavy (non-hydrogen) atoms. The van der Waals surface area contributed by atoms with Gasteiger partial charge in [0.1, 0.15) is 5.82 Å². The van der Waals surface area contributed by atoms with Crippen LogP contribution in [0, 0.1) is 5.41 Å². The third kappa shape index (κ3) is 3.37. The van der Waals surface area contributed by atoms with E-state index in [0.29, 0.717) is 30.5 Å². The van der Waals surface area contributed by atoms with Crippen molar-refractivity contribution in [3.05, 3.63) is 29.0 Å². The van der Waals surface area contributed by atoms with Gasteiger partial charge in [0, 0.05) is 37.0 Å². The maximum atomic E-state index is 13.2. The second-order valence-electron chi connectivity index (χ2n) is 7.96. The molecule has 150 valence electrons. The summed E-state index contributed by atoms with van der Waals surface area (Å²) in [5, 5.41) is 10.8. The summed E-state index contributed by atoms with van der Waals surface area (Å²) in [7, 11) is 0. The summed E-state index contributed by atoms with van der Waals surface area (Å²) in [5.41, 5.74) is 1.26. The third-order valence-corrected chi connectivity index (χ3v) is 6.56. The van der Waals surface area contributed by atoms with Gasteiger partial charge >= 0.3 is 0 Å². The highest BCUT2D eigenvalue weighted by molar-refractivity contribution is 6.31. The Kier molecular flexibility index (Phi) is 5.05. The molecule has 7 nitrogen and oxygen atoms in total. The molecule has 3 heterocycles. The Labute approximate surface area is 168 Å². The molecule has 1 aromatic heterocycles. The first-order valence-corrected chi connectivity index (χ1v) is 10.1. The molecule has 8 heteroatoms. The van der Waals surface area contributed by atoms with Crippen LogP contribution in [0.5, 0.6) is 0 Å². The number of likely N-dealkylation sites (tertiary alicyclic amines) is 2. The number of rotatable bonds is 3. The molecule has 1 aromatic carbocycles. The van der Waals surface area contributed by atoms with Gasteiger partial charge in [0.2, 0.25) is 11.8 Å². The van der Waals surface area contributed by atoms with Gasteiger partial charge in [-0.1, -0.05) is 11.6 Å². The largest absolute Gasteiger partial charge is 0.396 e. The number of piperidine rings is 2. The monoisotopic (exact) mass is 404 g/mol. The SMILES string of the molecule is CC(=O)N1CC[C@]2(CO)CCCN(C(=O)Cc3nc4ccc(Cl)cc4[nH]3)[C@H]2C1. The van der Waals surface area contributed by atoms with E-state index in [0.717, 1.165) is 30.3 Å². The van der Waals surface area contributed by atoms with Crippen LogP contribution in [0.15, 0.2) is 18.2 Å². The number of fused-ring (bicyclic) bond motifs is 2. The van der Waals surface area contributed by atoms with Crippen molar-refractivity contribution in [2.75, 3.05) is 26.2 Å². The summed E-state index contributed by atoms with van der Waals surface area (Å²) in [5.74, 6) is 0.582. The summed E-state index contributed by atoms with van der Waals surface area (Å²) >= 11 is 6.02. The molecule has 0 bridgehead atoms. The van der Waals surface area contributed by atoms with Gasteiger partial charge < -0.3 is 19.9 Å². The number of nitrogens with one attached hydrogen (secondary N) is 1. The summed E-state index contributed by atoms with van der Waals surface area (Å²) in [4.78, 5) is 36.4. The van der Waals surface area contributed by atoms with E-state index in [2.05, 4.69) is 9.97 Å². The van der Waals surface area contributed by atoms with Crippen LogP contribution in [0.1, 0.15) is 32.0 Å². The molecule has 4 rings (SSSR count). The predicted molar refractivity (Wildman–Crippen MR) is 106 cm³/mol. The number of aliphatic hydroxyl groups is 1. The number of carbonyl (C=O) groups is 2. The van der Waals surface area contributed by atoms with Gasteiger partial charge in [-0.15, -0.1) is 0 Å². The van der Waals surface area contributed by atoms with Crippen molar-refractivity contribution in [1.82, 2.24) is 19.8 Å². The molecule has 2 amide bonds. The van der Waals surface area contributed by atoms with Crippen molar-refractivity contribution in [1.29, 1.82) is 0 Å². The van der Waals surface area contributed by atoms with Gasteiger partial charge in [-0.25, -0.2) is 4.98 Å². The lowest BCUT2D eigenvalue weighted by molar-refractivity contribution is -0.152. The molecule has 2 aliphatic heterocycles. The van der Waals surface area contributed by atoms with Gasteiger partial charge in [-0.2, -0.15) is 0 Å². The van der Waals surface area contributed by atoms with Gasteiger partial charge in [0.15, 0.2) is 0 Å². The Hall–Kier alpha value is -2.12. The highest BCUT2D eigenvalue weighted by atomic mass is 35.5. The summed E-state index contributed by atoms with van der Waals surface area (Å²) in [6, 6.07) is 5.23. The number of carbonyl (C=O) groups excluding carboxylic acids is 2. The summed E-state index contributed by atoms with van der Waals surface area (Å²) < 4.78 is 0. The third-order valence-electron chi connectivity index (χ3n) is 6.32. The molecule has 0 unspecified atom stereocenters. The van der Waals surface area contributed by atoms with E-state index in [1.54, 1.807) is 24.0 Å². The first-order chi connectivity index (χ1) is 13.4. The number of amides is 2. The van der Waals surface area contributed by atoms with Gasteiger partial charge in [-0.3, -0.25) is 9.59 Å². The molecule has 0 radical (unpaired) electrons. The fourth-order valence-corrected chi connectivity index (χ4v) is 4.88. The van der Waals surface area contributed by atoms with E-state index in [4.69, 9.17) is 11.6 Å². The molecule has 0 aliphatic carbocycles. The molecule has 2 N–H and O–H groups in total. The molecule has 2 atom stereocenters. The van der Waals surface area contributed by atoms with Crippen molar-refractivity contribution in [3.63, 3.8) is 0 Å². The van der Waals surface area contributed by atoms with Crippen LogP contribution >= 0.6 is 11.6 Å². The first-order valence-electron chi connectivity index (χ1n) is 9.72. The lowest BCUT2D eigenvalue weighted by atomic mass is 9.69. The smallest absolute Gasteiger partial charge is 0.230 e. The molecule has 2 aromatic rings. The number of nitrogens with zero attached hydrogens (tertiary/aromatic N) is 3. The quantitative estimate of drug-likeness (QED) is 0.818. The minimum Gasteiger partial charge on any atom is -0.396 e. The minimum atomic E-state index is -0.318. The van der Waals surface area contributed by atoms with E-state index in [9.17, 15) is 14.7 Å². The van der Waals surface area contributed by atoms with Crippen molar-refractivity contribution in [2.45, 2.75) is 38.6 Å². The second-order valence-corrected chi connectivity index (χ2v) is 8.40. The molecular weight excluding hydrogens is 380 g/mol. The number of halogens is 1. The van der Waals surface area contributed by atoms with Crippen LogP contribution in [0.2, 0.25) is 5.02 Å². The Morgan fingerprint density at radius 1 is 1.36 bits per heavy atom. The average Bonchev–Trinajstić information content (AvgIpc) is 3.07. The molecule has 2 fully saturated rings. The van der Waals surface area contributed by atoms with Crippen LogP contribution in [0.4, 0.5) is 0 Å². The number of hydrogen-bond acceptors (Lipinski definition) is 4. The lowest BCUT2D eigenvalue weighted by Gasteiger charge is -2.54. The maximum absolute atomic E-state index is 13.2. The van der Waals surface area contributed by atoms with Gasteiger partial charge in [-0.05, 0) is 37.5 Å². The van der Waals surface area contributed by atoms with Crippen LogP contribution < -0.4 is 0 Å². The molecular formula is C20H25ClN4O3. The zero-order valence-corrected chi connectivity index (χ0v) is 16.7. The highest BCUT2D eigenvalue weighted by Gasteiger charge is 2.49. The van der Waals surface area contributed by atoms with Crippen molar-refractivity contribution in [3.8, 4) is 0 Å². The van der Waals surface area contributed by atoms with Gasteiger partial charge in [0.05, 0.1) is 30.1 Å². The fraction of sp³-hybridized carbons (Fsp3) is 0.550. The normalized spacial score (nSPS) is 25.0. The standard InChI is InChI=1S/C20H25ClN4O3/c1-13(27)24-8-6-20(12-26)5-2-7-25(17(20)11-24)19(28)10-18-22-15-4-3-14(21)9-16(15)23-18/h3-4,9,17,26H,2,5-8,10-12H2,1H3,(H,22,23)/t17-,20-/m0/s1. The highest BCUT2D eigenvalue weighted by Crippen LogP contribution is 2.42. The van der Waals surface area contributed by atoms with Crippen LogP contribution in [-0.2, 0) is 16.0 Å². The molecule has 2 aliphatic rings. The number of aromatic amines is 1. The number of aromatic nitrogens is 2. The molecule has 0 saturated carbocycles. The zero-order chi connectivity index (χ0) is 19.9.